The van der Waals surface area contributed by atoms with Gasteiger partial charge in [-0.15, -0.1) is 0 Å². The van der Waals surface area contributed by atoms with Crippen LogP contribution in [0.15, 0.2) is 0 Å². The first-order valence-corrected chi connectivity index (χ1v) is 6.49. The zero-order valence-electron chi connectivity index (χ0n) is 11.2. The van der Waals surface area contributed by atoms with E-state index < -0.39 is 37.2 Å². The van der Waals surface area contributed by atoms with E-state index in [-0.39, 0.29) is 18.6 Å². The first kappa shape index (κ1) is 15.6. The van der Waals surface area contributed by atoms with Crippen molar-refractivity contribution >= 4 is 5.97 Å². The Kier molecular flexibility index (Phi) is 5.30. The molecule has 3 N–H and O–H groups in total. The Morgan fingerprint density at radius 1 is 1.50 bits per heavy atom. The first-order valence-electron chi connectivity index (χ1n) is 6.49. The molecule has 8 nitrogen and oxygen atoms in total. The summed E-state index contributed by atoms with van der Waals surface area (Å²) in [6.45, 7) is -0.436. The van der Waals surface area contributed by atoms with Crippen LogP contribution in [0.2, 0.25) is 0 Å². The summed E-state index contributed by atoms with van der Waals surface area (Å²) in [5.74, 6) is -1.26. The molecule has 2 aliphatic heterocycles. The molecule has 2 saturated heterocycles. The fourth-order valence-corrected chi connectivity index (χ4v) is 2.73. The van der Waals surface area contributed by atoms with Crippen LogP contribution in [0.3, 0.4) is 0 Å². The van der Waals surface area contributed by atoms with Gasteiger partial charge in [0, 0.05) is 13.0 Å². The average molecular weight is 292 g/mol. The van der Waals surface area contributed by atoms with E-state index in [0.29, 0.717) is 13.0 Å². The number of fused-ring (bicyclic) bond motifs is 2. The van der Waals surface area contributed by atoms with Gasteiger partial charge in [-0.1, -0.05) is 0 Å². The Morgan fingerprint density at radius 2 is 2.25 bits per heavy atom. The normalized spacial score (nSPS) is 37.9. The van der Waals surface area contributed by atoms with Gasteiger partial charge in [0.25, 0.3) is 0 Å². The predicted octanol–water partition coefficient (Wildman–Crippen LogP) is -1.41. The minimum atomic E-state index is -1.10. The molecule has 0 aromatic rings. The molecule has 2 heterocycles. The summed E-state index contributed by atoms with van der Waals surface area (Å²) in [6.07, 6.45) is -2.62. The summed E-state index contributed by atoms with van der Waals surface area (Å²) < 4.78 is 21.2. The monoisotopic (exact) mass is 292 g/mol. The third kappa shape index (κ3) is 3.27. The molecule has 0 spiro atoms. The van der Waals surface area contributed by atoms with Crippen LogP contribution >= 0.6 is 0 Å². The number of carboxylic acid groups (broad SMARTS) is 1. The largest absolute Gasteiger partial charge is 0.480 e. The molecule has 116 valence electrons. The third-order valence-corrected chi connectivity index (χ3v) is 3.69. The molecule has 2 bridgehead atoms. The van der Waals surface area contributed by atoms with Crippen LogP contribution in [-0.4, -0.2) is 78.9 Å². The lowest BCUT2D eigenvalue weighted by Gasteiger charge is -2.37. The fourth-order valence-electron chi connectivity index (χ4n) is 2.73. The lowest BCUT2D eigenvalue weighted by Crippen LogP contribution is -2.51. The molecule has 6 unspecified atom stereocenters. The quantitative estimate of drug-likeness (QED) is 0.524. The Bertz CT molecular complexity index is 335. The van der Waals surface area contributed by atoms with Crippen LogP contribution in [0, 0.1) is 5.92 Å². The summed E-state index contributed by atoms with van der Waals surface area (Å²) in [5, 5.41) is 27.9. The topological polar surface area (TPSA) is 115 Å². The highest BCUT2D eigenvalue weighted by Gasteiger charge is 2.51. The zero-order chi connectivity index (χ0) is 14.7. The van der Waals surface area contributed by atoms with Crippen LogP contribution in [0.25, 0.3) is 0 Å². The van der Waals surface area contributed by atoms with E-state index in [4.69, 9.17) is 24.1 Å². The summed E-state index contributed by atoms with van der Waals surface area (Å²) in [5.41, 5.74) is 0. The molecule has 6 atom stereocenters. The summed E-state index contributed by atoms with van der Waals surface area (Å²) >= 11 is 0. The van der Waals surface area contributed by atoms with Gasteiger partial charge in [0.05, 0.1) is 31.5 Å². The number of carbonyl (C=O) groups is 1. The maximum atomic E-state index is 10.5. The van der Waals surface area contributed by atoms with Crippen molar-refractivity contribution in [3.63, 3.8) is 0 Å². The molecule has 2 rings (SSSR count). The molecular formula is C12H20O8. The Balaban J connectivity index is 1.94. The maximum absolute atomic E-state index is 10.5. The highest BCUT2D eigenvalue weighted by molar-refractivity contribution is 5.68. The molecule has 2 aliphatic rings. The molecule has 0 aromatic carbocycles. The minimum Gasteiger partial charge on any atom is -0.480 e. The molecule has 0 aliphatic carbocycles. The molecule has 8 heteroatoms. The lowest BCUT2D eigenvalue weighted by molar-refractivity contribution is -0.245. The van der Waals surface area contributed by atoms with Gasteiger partial charge >= 0.3 is 5.97 Å². The molecule has 0 radical (unpaired) electrons. The van der Waals surface area contributed by atoms with Crippen molar-refractivity contribution in [2.24, 2.45) is 5.92 Å². The first-order chi connectivity index (χ1) is 9.56. The molecular weight excluding hydrogens is 272 g/mol. The smallest absolute Gasteiger partial charge is 0.329 e. The number of methoxy groups -OCH3 is 1. The number of aliphatic hydroxyl groups is 2. The summed E-state index contributed by atoms with van der Waals surface area (Å²) in [4.78, 5) is 10.5. The minimum absolute atomic E-state index is 0.164. The standard InChI is InChI=1S/C12H20O8/c1-17-12-10(16)11-7(8(20-12)4-19-11)2-6(3-13)18-5-9(14)15/h6-8,10-13,16H,2-5H2,1H3,(H,14,15). The van der Waals surface area contributed by atoms with E-state index in [1.54, 1.807) is 0 Å². The SMILES string of the molecule is COC1OC2COC(C1O)C2CC(CO)OCC(=O)O. The second-order valence-corrected chi connectivity index (χ2v) is 4.98. The average Bonchev–Trinajstić information content (AvgIpc) is 2.73. The number of rotatable bonds is 7. The fraction of sp³-hybridized carbons (Fsp3) is 0.917. The molecule has 2 fully saturated rings. The zero-order valence-corrected chi connectivity index (χ0v) is 11.2. The molecule has 20 heavy (non-hydrogen) atoms. The third-order valence-electron chi connectivity index (χ3n) is 3.69. The molecule has 0 amide bonds. The number of ether oxygens (including phenoxy) is 4. The number of aliphatic carboxylic acids is 1. The Labute approximate surface area is 116 Å². The van der Waals surface area contributed by atoms with Crippen molar-refractivity contribution in [2.45, 2.75) is 37.1 Å². The van der Waals surface area contributed by atoms with E-state index in [1.165, 1.54) is 7.11 Å². The van der Waals surface area contributed by atoms with Crippen LogP contribution in [0.4, 0.5) is 0 Å². The van der Waals surface area contributed by atoms with Gasteiger partial charge in [0.2, 0.25) is 0 Å². The number of aliphatic hydroxyl groups excluding tert-OH is 2. The van der Waals surface area contributed by atoms with Crippen molar-refractivity contribution in [2.75, 3.05) is 26.9 Å². The van der Waals surface area contributed by atoms with E-state index >= 15 is 0 Å². The van der Waals surface area contributed by atoms with Gasteiger partial charge in [-0.05, 0) is 6.42 Å². The second-order valence-electron chi connectivity index (χ2n) is 4.98. The van der Waals surface area contributed by atoms with Gasteiger partial charge in [0.1, 0.15) is 12.7 Å². The van der Waals surface area contributed by atoms with Crippen LogP contribution in [0.1, 0.15) is 6.42 Å². The van der Waals surface area contributed by atoms with Crippen LogP contribution in [0.5, 0.6) is 0 Å². The lowest BCUT2D eigenvalue weighted by atomic mass is 9.87. The number of hydrogen-bond acceptors (Lipinski definition) is 7. The van der Waals surface area contributed by atoms with Gasteiger partial charge in [0.15, 0.2) is 6.29 Å². The second kappa shape index (κ2) is 6.79. The van der Waals surface area contributed by atoms with Crippen LogP contribution in [-0.2, 0) is 23.7 Å². The van der Waals surface area contributed by atoms with Crippen molar-refractivity contribution in [1.29, 1.82) is 0 Å². The van der Waals surface area contributed by atoms with Gasteiger partial charge < -0.3 is 34.3 Å². The number of carboxylic acids is 1. The summed E-state index contributed by atoms with van der Waals surface area (Å²) in [6, 6.07) is 0. The van der Waals surface area contributed by atoms with E-state index in [0.717, 1.165) is 0 Å². The maximum Gasteiger partial charge on any atom is 0.329 e. The van der Waals surface area contributed by atoms with E-state index in [1.807, 2.05) is 0 Å². The molecule has 0 saturated carbocycles. The van der Waals surface area contributed by atoms with Crippen molar-refractivity contribution in [1.82, 2.24) is 0 Å². The highest BCUT2D eigenvalue weighted by Crippen LogP contribution is 2.37. The Hall–Kier alpha value is -0.770. The predicted molar refractivity (Wildman–Crippen MR) is 64.0 cm³/mol. The van der Waals surface area contributed by atoms with E-state index in [2.05, 4.69) is 0 Å². The Morgan fingerprint density at radius 3 is 2.85 bits per heavy atom. The van der Waals surface area contributed by atoms with Crippen molar-refractivity contribution in [3.05, 3.63) is 0 Å². The number of hydrogen-bond donors (Lipinski definition) is 3. The van der Waals surface area contributed by atoms with E-state index in [9.17, 15) is 15.0 Å². The highest BCUT2D eigenvalue weighted by atomic mass is 16.7. The van der Waals surface area contributed by atoms with Crippen LogP contribution < -0.4 is 0 Å². The summed E-state index contributed by atoms with van der Waals surface area (Å²) in [7, 11) is 1.44. The van der Waals surface area contributed by atoms with Crippen molar-refractivity contribution < 1.29 is 39.1 Å². The van der Waals surface area contributed by atoms with Gasteiger partial charge in [-0.2, -0.15) is 0 Å². The molecule has 0 aromatic heterocycles. The van der Waals surface area contributed by atoms with Gasteiger partial charge in [-0.25, -0.2) is 4.79 Å². The van der Waals surface area contributed by atoms with Gasteiger partial charge in [-0.3, -0.25) is 0 Å². The van der Waals surface area contributed by atoms with Crippen molar-refractivity contribution in [3.8, 4) is 0 Å².